The van der Waals surface area contributed by atoms with E-state index in [4.69, 9.17) is 0 Å². The summed E-state index contributed by atoms with van der Waals surface area (Å²) in [6.07, 6.45) is 10.2. The standard InChI is InChI=1S/C17H23N3/c1-2-7-15(8-3-1)9-6-12-20-14-18-13-17(20)16-10-4-5-11-19-16/h1-3,7-8,13-14,16,19H,4-6,9-12H2. The number of imidazole rings is 1. The van der Waals surface area contributed by atoms with Crippen LogP contribution < -0.4 is 5.32 Å². The molecule has 1 aliphatic rings. The predicted molar refractivity (Wildman–Crippen MR) is 81.6 cm³/mol. The van der Waals surface area contributed by atoms with E-state index in [1.165, 1.54) is 36.9 Å². The van der Waals surface area contributed by atoms with Crippen LogP contribution in [0.4, 0.5) is 0 Å². The normalized spacial score (nSPS) is 19.1. The van der Waals surface area contributed by atoms with E-state index in [0.717, 1.165) is 19.5 Å². The summed E-state index contributed by atoms with van der Waals surface area (Å²) in [6, 6.07) is 11.2. The van der Waals surface area contributed by atoms with E-state index in [0.29, 0.717) is 6.04 Å². The van der Waals surface area contributed by atoms with Crippen LogP contribution in [-0.4, -0.2) is 16.1 Å². The van der Waals surface area contributed by atoms with Crippen LogP contribution in [-0.2, 0) is 13.0 Å². The summed E-state index contributed by atoms with van der Waals surface area (Å²) in [5.41, 5.74) is 2.78. The zero-order valence-electron chi connectivity index (χ0n) is 12.0. The molecule has 1 aromatic carbocycles. The molecule has 20 heavy (non-hydrogen) atoms. The minimum atomic E-state index is 0.503. The Morgan fingerprint density at radius 2 is 2.10 bits per heavy atom. The van der Waals surface area contributed by atoms with Crippen LogP contribution in [0.1, 0.15) is 43.0 Å². The van der Waals surface area contributed by atoms with Gasteiger partial charge in [0.2, 0.25) is 0 Å². The Bertz CT molecular complexity index is 512. The van der Waals surface area contributed by atoms with E-state index in [-0.39, 0.29) is 0 Å². The van der Waals surface area contributed by atoms with E-state index >= 15 is 0 Å². The van der Waals surface area contributed by atoms with E-state index < -0.39 is 0 Å². The molecule has 3 nitrogen and oxygen atoms in total. The number of aromatic nitrogens is 2. The van der Waals surface area contributed by atoms with E-state index in [1.807, 2.05) is 12.5 Å². The van der Waals surface area contributed by atoms with Crippen molar-refractivity contribution < 1.29 is 0 Å². The molecule has 3 rings (SSSR count). The second-order valence-corrected chi connectivity index (χ2v) is 5.60. The SMILES string of the molecule is c1ccc(CCCn2cncc2C2CCCCN2)cc1. The molecular formula is C17H23N3. The first-order valence-electron chi connectivity index (χ1n) is 7.71. The number of nitrogens with zero attached hydrogens (tertiary/aromatic N) is 2. The zero-order chi connectivity index (χ0) is 13.6. The monoisotopic (exact) mass is 269 g/mol. The summed E-state index contributed by atoms with van der Waals surface area (Å²) in [7, 11) is 0. The summed E-state index contributed by atoms with van der Waals surface area (Å²) < 4.78 is 2.33. The minimum absolute atomic E-state index is 0.503. The van der Waals surface area contributed by atoms with Gasteiger partial charge < -0.3 is 9.88 Å². The number of rotatable bonds is 5. The van der Waals surface area contributed by atoms with Gasteiger partial charge >= 0.3 is 0 Å². The number of hydrogen-bond acceptors (Lipinski definition) is 2. The summed E-state index contributed by atoms with van der Waals surface area (Å²) in [6.45, 7) is 2.20. The molecule has 106 valence electrons. The lowest BCUT2D eigenvalue weighted by molar-refractivity contribution is 0.392. The zero-order valence-corrected chi connectivity index (χ0v) is 12.0. The van der Waals surface area contributed by atoms with Crippen LogP contribution in [0.3, 0.4) is 0 Å². The second-order valence-electron chi connectivity index (χ2n) is 5.60. The lowest BCUT2D eigenvalue weighted by Crippen LogP contribution is -2.28. The maximum atomic E-state index is 4.35. The lowest BCUT2D eigenvalue weighted by atomic mass is 10.0. The van der Waals surface area contributed by atoms with Crippen molar-refractivity contribution in [1.82, 2.24) is 14.9 Å². The fourth-order valence-electron chi connectivity index (χ4n) is 3.01. The highest BCUT2D eigenvalue weighted by Crippen LogP contribution is 2.22. The maximum Gasteiger partial charge on any atom is 0.0948 e. The lowest BCUT2D eigenvalue weighted by Gasteiger charge is -2.24. The second kappa shape index (κ2) is 6.71. The van der Waals surface area contributed by atoms with Crippen LogP contribution in [0.25, 0.3) is 0 Å². The first kappa shape index (κ1) is 13.4. The van der Waals surface area contributed by atoms with Gasteiger partial charge in [0, 0.05) is 18.8 Å². The van der Waals surface area contributed by atoms with Crippen LogP contribution >= 0.6 is 0 Å². The Kier molecular flexibility index (Phi) is 4.49. The van der Waals surface area contributed by atoms with Gasteiger partial charge in [-0.25, -0.2) is 4.98 Å². The highest BCUT2D eigenvalue weighted by Gasteiger charge is 2.17. The molecule has 1 N–H and O–H groups in total. The van der Waals surface area contributed by atoms with E-state index in [9.17, 15) is 0 Å². The quantitative estimate of drug-likeness (QED) is 0.902. The highest BCUT2D eigenvalue weighted by molar-refractivity contribution is 5.14. The van der Waals surface area contributed by atoms with Gasteiger partial charge in [0.05, 0.1) is 12.0 Å². The third-order valence-corrected chi connectivity index (χ3v) is 4.12. The Morgan fingerprint density at radius 3 is 2.90 bits per heavy atom. The Balaban J connectivity index is 1.56. The minimum Gasteiger partial charge on any atom is -0.333 e. The molecule has 0 bridgehead atoms. The smallest absolute Gasteiger partial charge is 0.0948 e. The molecule has 1 saturated heterocycles. The summed E-state index contributed by atoms with van der Waals surface area (Å²) >= 11 is 0. The van der Waals surface area contributed by atoms with Gasteiger partial charge in [-0.15, -0.1) is 0 Å². The molecule has 2 heterocycles. The molecule has 0 radical (unpaired) electrons. The first-order valence-corrected chi connectivity index (χ1v) is 7.71. The number of aryl methyl sites for hydroxylation is 2. The van der Waals surface area contributed by atoms with Gasteiger partial charge in [-0.05, 0) is 37.8 Å². The molecule has 0 amide bonds. The Hall–Kier alpha value is -1.61. The van der Waals surface area contributed by atoms with Crippen molar-refractivity contribution in [1.29, 1.82) is 0 Å². The topological polar surface area (TPSA) is 29.9 Å². The molecule has 0 aliphatic carbocycles. The van der Waals surface area contributed by atoms with Gasteiger partial charge in [0.25, 0.3) is 0 Å². The summed E-state index contributed by atoms with van der Waals surface area (Å²) in [4.78, 5) is 4.35. The van der Waals surface area contributed by atoms with Gasteiger partial charge in [-0.3, -0.25) is 0 Å². The average molecular weight is 269 g/mol. The molecule has 0 spiro atoms. The molecular weight excluding hydrogens is 246 g/mol. The van der Waals surface area contributed by atoms with Crippen molar-refractivity contribution in [3.8, 4) is 0 Å². The molecule has 0 saturated carbocycles. The van der Waals surface area contributed by atoms with Crippen molar-refractivity contribution in [3.63, 3.8) is 0 Å². The summed E-state index contributed by atoms with van der Waals surface area (Å²) in [5, 5.41) is 3.61. The van der Waals surface area contributed by atoms with Crippen molar-refractivity contribution >= 4 is 0 Å². The average Bonchev–Trinajstić information content (AvgIpc) is 2.98. The third kappa shape index (κ3) is 3.28. The summed E-state index contributed by atoms with van der Waals surface area (Å²) in [5.74, 6) is 0. The molecule has 2 aromatic rings. The van der Waals surface area contributed by atoms with Gasteiger partial charge in [-0.1, -0.05) is 36.8 Å². The number of benzene rings is 1. The van der Waals surface area contributed by atoms with Gasteiger partial charge in [-0.2, -0.15) is 0 Å². The fourth-order valence-corrected chi connectivity index (χ4v) is 3.01. The fraction of sp³-hybridized carbons (Fsp3) is 0.471. The molecule has 1 aromatic heterocycles. The van der Waals surface area contributed by atoms with Crippen molar-refractivity contribution in [2.24, 2.45) is 0 Å². The van der Waals surface area contributed by atoms with Gasteiger partial charge in [0.1, 0.15) is 0 Å². The molecule has 3 heteroatoms. The largest absolute Gasteiger partial charge is 0.333 e. The van der Waals surface area contributed by atoms with E-state index in [2.05, 4.69) is 45.2 Å². The molecule has 1 atom stereocenters. The number of nitrogens with one attached hydrogen (secondary N) is 1. The Morgan fingerprint density at radius 1 is 1.20 bits per heavy atom. The Labute approximate surface area is 121 Å². The van der Waals surface area contributed by atoms with Crippen molar-refractivity contribution in [2.75, 3.05) is 6.54 Å². The van der Waals surface area contributed by atoms with E-state index in [1.54, 1.807) is 0 Å². The number of piperidine rings is 1. The van der Waals surface area contributed by atoms with Gasteiger partial charge in [0.15, 0.2) is 0 Å². The predicted octanol–water partition coefficient (Wildman–Crippen LogP) is 3.33. The third-order valence-electron chi connectivity index (χ3n) is 4.12. The molecule has 1 fully saturated rings. The highest BCUT2D eigenvalue weighted by atomic mass is 15.1. The van der Waals surface area contributed by atoms with Crippen LogP contribution in [0, 0.1) is 0 Å². The van der Waals surface area contributed by atoms with Crippen molar-refractivity contribution in [3.05, 3.63) is 54.1 Å². The maximum absolute atomic E-state index is 4.35. The number of hydrogen-bond donors (Lipinski definition) is 1. The van der Waals surface area contributed by atoms with Crippen LogP contribution in [0.15, 0.2) is 42.9 Å². The van der Waals surface area contributed by atoms with Crippen LogP contribution in [0.5, 0.6) is 0 Å². The first-order chi connectivity index (χ1) is 9.93. The van der Waals surface area contributed by atoms with Crippen LogP contribution in [0.2, 0.25) is 0 Å². The molecule has 1 aliphatic heterocycles. The van der Waals surface area contributed by atoms with Crippen molar-refractivity contribution in [2.45, 2.75) is 44.7 Å². The molecule has 1 unspecified atom stereocenters.